The van der Waals surface area contributed by atoms with Crippen LogP contribution < -0.4 is 14.5 Å². The van der Waals surface area contributed by atoms with Gasteiger partial charge >= 0.3 is 0 Å². The number of amides is 1. The van der Waals surface area contributed by atoms with Crippen LogP contribution >= 0.6 is 23.2 Å². The predicted octanol–water partition coefficient (Wildman–Crippen LogP) is 5.76. The van der Waals surface area contributed by atoms with Crippen molar-refractivity contribution in [3.63, 3.8) is 0 Å². The molecule has 1 N–H and O–H groups in total. The number of aryl methyl sites for hydroxylation is 1. The van der Waals surface area contributed by atoms with Crippen LogP contribution in [0.15, 0.2) is 88.9 Å². The largest absolute Gasteiger partial charge is 0.495 e. The SMILES string of the molecule is COc1ccc(N(CC(=O)N/N=C/c2cc(C)n(-c3ccc(Cl)cc3)c2C)S(=O)(=O)c2ccccc2)cc1Cl. The molecular formula is C28H26Cl2N4O4S. The third kappa shape index (κ3) is 6.27. The third-order valence-corrected chi connectivity index (χ3v) is 8.33. The van der Waals surface area contributed by atoms with Crippen molar-refractivity contribution in [1.82, 2.24) is 9.99 Å². The van der Waals surface area contributed by atoms with Crippen molar-refractivity contribution >= 4 is 51.0 Å². The highest BCUT2D eigenvalue weighted by Gasteiger charge is 2.27. The summed E-state index contributed by atoms with van der Waals surface area (Å²) in [5, 5.41) is 4.94. The molecule has 11 heteroatoms. The molecule has 0 saturated carbocycles. The van der Waals surface area contributed by atoms with Crippen LogP contribution in [-0.2, 0) is 14.8 Å². The van der Waals surface area contributed by atoms with E-state index < -0.39 is 22.5 Å². The summed E-state index contributed by atoms with van der Waals surface area (Å²) in [5.41, 5.74) is 6.25. The number of sulfonamides is 1. The van der Waals surface area contributed by atoms with Gasteiger partial charge in [0.25, 0.3) is 15.9 Å². The number of carbonyl (C=O) groups is 1. The molecule has 0 spiro atoms. The maximum Gasteiger partial charge on any atom is 0.264 e. The molecule has 0 unspecified atom stereocenters. The fourth-order valence-electron chi connectivity index (χ4n) is 4.09. The number of methoxy groups -OCH3 is 1. The number of nitrogens with one attached hydrogen (secondary N) is 1. The fraction of sp³-hybridized carbons (Fsp3) is 0.143. The average molecular weight is 586 g/mol. The number of benzene rings is 3. The Morgan fingerprint density at radius 1 is 1.03 bits per heavy atom. The molecule has 0 fully saturated rings. The Labute approximate surface area is 237 Å². The number of nitrogens with zero attached hydrogens (tertiary/aromatic N) is 3. The first-order valence-corrected chi connectivity index (χ1v) is 14.0. The fourth-order valence-corrected chi connectivity index (χ4v) is 5.90. The summed E-state index contributed by atoms with van der Waals surface area (Å²) in [6.07, 6.45) is 1.52. The van der Waals surface area contributed by atoms with E-state index in [0.29, 0.717) is 10.8 Å². The lowest BCUT2D eigenvalue weighted by Gasteiger charge is -2.24. The number of aromatic nitrogens is 1. The number of anilines is 1. The van der Waals surface area contributed by atoms with Crippen molar-refractivity contribution in [3.05, 3.63) is 106 Å². The van der Waals surface area contributed by atoms with E-state index in [1.54, 1.807) is 18.2 Å². The molecule has 4 aromatic rings. The zero-order valence-corrected chi connectivity index (χ0v) is 23.8. The van der Waals surface area contributed by atoms with Gasteiger partial charge in [0.15, 0.2) is 0 Å². The molecule has 8 nitrogen and oxygen atoms in total. The molecule has 39 heavy (non-hydrogen) atoms. The summed E-state index contributed by atoms with van der Waals surface area (Å²) in [4.78, 5) is 12.9. The highest BCUT2D eigenvalue weighted by atomic mass is 35.5. The summed E-state index contributed by atoms with van der Waals surface area (Å²) < 4.78 is 35.2. The van der Waals surface area contributed by atoms with Crippen LogP contribution in [0, 0.1) is 13.8 Å². The molecule has 0 aliphatic rings. The Hall–Kier alpha value is -3.79. The summed E-state index contributed by atoms with van der Waals surface area (Å²) in [5.74, 6) is -0.257. The van der Waals surface area contributed by atoms with Crippen LogP contribution in [-0.4, -0.2) is 38.8 Å². The predicted molar refractivity (Wildman–Crippen MR) is 155 cm³/mol. The number of hydrazone groups is 1. The number of halogens is 2. The van der Waals surface area contributed by atoms with E-state index in [2.05, 4.69) is 10.5 Å². The topological polar surface area (TPSA) is 93.0 Å². The lowest BCUT2D eigenvalue weighted by atomic mass is 10.2. The van der Waals surface area contributed by atoms with E-state index in [4.69, 9.17) is 27.9 Å². The number of carbonyl (C=O) groups excluding carboxylic acids is 1. The Balaban J connectivity index is 1.56. The molecule has 1 aromatic heterocycles. The molecule has 4 rings (SSSR count). The second-order valence-corrected chi connectivity index (χ2v) is 11.3. The number of hydrogen-bond acceptors (Lipinski definition) is 5. The van der Waals surface area contributed by atoms with Gasteiger partial charge in [-0.25, -0.2) is 13.8 Å². The number of hydrogen-bond donors (Lipinski definition) is 1. The first-order valence-electron chi connectivity index (χ1n) is 11.8. The third-order valence-electron chi connectivity index (χ3n) is 5.99. The van der Waals surface area contributed by atoms with Gasteiger partial charge in [0.2, 0.25) is 0 Å². The van der Waals surface area contributed by atoms with E-state index in [9.17, 15) is 13.2 Å². The number of rotatable bonds is 9. The molecule has 1 heterocycles. The lowest BCUT2D eigenvalue weighted by Crippen LogP contribution is -2.39. The standard InChI is InChI=1S/C28H26Cl2N4O4S/c1-19-15-21(20(2)34(19)23-11-9-22(29)10-12-23)17-31-32-28(35)18-33(24-13-14-27(38-3)26(30)16-24)39(36,37)25-7-5-4-6-8-25/h4-17H,18H2,1-3H3,(H,32,35)/b31-17+. The summed E-state index contributed by atoms with van der Waals surface area (Å²) >= 11 is 12.3. The first-order chi connectivity index (χ1) is 18.6. The summed E-state index contributed by atoms with van der Waals surface area (Å²) in [6.45, 7) is 3.37. The Morgan fingerprint density at radius 3 is 2.36 bits per heavy atom. The summed E-state index contributed by atoms with van der Waals surface area (Å²) in [7, 11) is -2.64. The molecule has 202 valence electrons. The van der Waals surface area contributed by atoms with Crippen molar-refractivity contribution in [2.45, 2.75) is 18.7 Å². The molecule has 0 aliphatic heterocycles. The zero-order valence-electron chi connectivity index (χ0n) is 21.4. The monoisotopic (exact) mass is 584 g/mol. The minimum absolute atomic E-state index is 0.0304. The Bertz CT molecular complexity index is 1620. The highest BCUT2D eigenvalue weighted by Crippen LogP contribution is 2.32. The average Bonchev–Trinajstić information content (AvgIpc) is 3.20. The van der Waals surface area contributed by atoms with Gasteiger partial charge in [0.1, 0.15) is 12.3 Å². The van der Waals surface area contributed by atoms with Gasteiger partial charge in [-0.2, -0.15) is 5.10 Å². The van der Waals surface area contributed by atoms with Gasteiger partial charge in [-0.15, -0.1) is 0 Å². The van der Waals surface area contributed by atoms with Gasteiger partial charge in [0.05, 0.1) is 28.9 Å². The quantitative estimate of drug-likeness (QED) is 0.200. The van der Waals surface area contributed by atoms with E-state index in [1.165, 1.54) is 43.7 Å². The van der Waals surface area contributed by atoms with Crippen molar-refractivity contribution in [2.24, 2.45) is 5.10 Å². The Kier molecular flexibility index (Phi) is 8.64. The van der Waals surface area contributed by atoms with E-state index >= 15 is 0 Å². The van der Waals surface area contributed by atoms with Crippen molar-refractivity contribution in [2.75, 3.05) is 18.0 Å². The van der Waals surface area contributed by atoms with Crippen molar-refractivity contribution < 1.29 is 17.9 Å². The molecule has 0 atom stereocenters. The van der Waals surface area contributed by atoms with E-state index in [0.717, 1.165) is 26.9 Å². The van der Waals surface area contributed by atoms with Gasteiger partial charge < -0.3 is 9.30 Å². The highest BCUT2D eigenvalue weighted by molar-refractivity contribution is 7.92. The lowest BCUT2D eigenvalue weighted by molar-refractivity contribution is -0.119. The summed E-state index contributed by atoms with van der Waals surface area (Å²) in [6, 6.07) is 21.7. The maximum absolute atomic E-state index is 13.5. The van der Waals surface area contributed by atoms with Gasteiger partial charge in [-0.05, 0) is 74.5 Å². The number of ether oxygens (including phenoxy) is 1. The van der Waals surface area contributed by atoms with Crippen LogP contribution in [0.3, 0.4) is 0 Å². The minimum Gasteiger partial charge on any atom is -0.495 e. The Morgan fingerprint density at radius 2 is 1.72 bits per heavy atom. The van der Waals surface area contributed by atoms with Gasteiger partial charge in [0, 0.05) is 27.7 Å². The van der Waals surface area contributed by atoms with E-state index in [-0.39, 0.29) is 15.6 Å². The molecule has 0 aliphatic carbocycles. The molecule has 1 amide bonds. The minimum atomic E-state index is -4.10. The van der Waals surface area contributed by atoms with Gasteiger partial charge in [-0.1, -0.05) is 41.4 Å². The molecular weight excluding hydrogens is 559 g/mol. The molecule has 0 bridgehead atoms. The van der Waals surface area contributed by atoms with Gasteiger partial charge in [-0.3, -0.25) is 9.10 Å². The second-order valence-electron chi connectivity index (χ2n) is 8.58. The van der Waals surface area contributed by atoms with Crippen LogP contribution in [0.2, 0.25) is 10.0 Å². The maximum atomic E-state index is 13.5. The van der Waals surface area contributed by atoms with Crippen molar-refractivity contribution in [1.29, 1.82) is 0 Å². The van der Waals surface area contributed by atoms with Crippen LogP contribution in [0.5, 0.6) is 5.75 Å². The van der Waals surface area contributed by atoms with Crippen LogP contribution in [0.4, 0.5) is 5.69 Å². The molecule has 3 aromatic carbocycles. The molecule has 0 saturated heterocycles. The second kappa shape index (κ2) is 11.9. The van der Waals surface area contributed by atoms with Crippen molar-refractivity contribution in [3.8, 4) is 11.4 Å². The zero-order chi connectivity index (χ0) is 28.2. The first kappa shape index (κ1) is 28.2. The van der Waals surface area contributed by atoms with E-state index in [1.807, 2.05) is 48.7 Å². The smallest absolute Gasteiger partial charge is 0.264 e. The molecule has 0 radical (unpaired) electrons. The van der Waals surface area contributed by atoms with Crippen LogP contribution in [0.25, 0.3) is 5.69 Å². The normalized spacial score (nSPS) is 11.5. The van der Waals surface area contributed by atoms with Crippen LogP contribution in [0.1, 0.15) is 17.0 Å².